The Morgan fingerprint density at radius 2 is 2.24 bits per heavy atom. The summed E-state index contributed by atoms with van der Waals surface area (Å²) in [4.78, 5) is 4.09. The number of aromatic hydroxyl groups is 1. The summed E-state index contributed by atoms with van der Waals surface area (Å²) in [6, 6.07) is 5.34. The van der Waals surface area contributed by atoms with Crippen LogP contribution >= 0.6 is 15.9 Å². The van der Waals surface area contributed by atoms with Crippen LogP contribution in [-0.4, -0.2) is 10.1 Å². The molecule has 0 spiro atoms. The van der Waals surface area contributed by atoms with Crippen molar-refractivity contribution in [2.24, 2.45) is 0 Å². The van der Waals surface area contributed by atoms with E-state index in [4.69, 9.17) is 4.42 Å². The number of aryl methyl sites for hydroxylation is 1. The first-order valence-corrected chi connectivity index (χ1v) is 6.04. The van der Waals surface area contributed by atoms with Crippen molar-refractivity contribution in [2.45, 2.75) is 20.0 Å². The molecule has 1 aromatic heterocycles. The lowest BCUT2D eigenvalue weighted by Gasteiger charge is -2.05. The molecule has 0 bridgehead atoms. The molecule has 1 aromatic carbocycles. The first-order valence-electron chi connectivity index (χ1n) is 5.24. The maximum atomic E-state index is 9.64. The quantitative estimate of drug-likeness (QED) is 0.911. The number of nitrogens with zero attached hydrogens (tertiary/aromatic N) is 1. The second-order valence-corrected chi connectivity index (χ2v) is 4.66. The standard InChI is InChI=1S/C12H13BrN2O2/c1-8-5-15-12(17-8)7-14-6-9-4-10(13)2-3-11(9)16/h2-5,14,16H,6-7H2,1H3. The van der Waals surface area contributed by atoms with E-state index in [-0.39, 0.29) is 5.75 Å². The van der Waals surface area contributed by atoms with Crippen LogP contribution in [0.2, 0.25) is 0 Å². The van der Waals surface area contributed by atoms with E-state index in [9.17, 15) is 5.11 Å². The van der Waals surface area contributed by atoms with Gasteiger partial charge in [0.15, 0.2) is 0 Å². The number of benzene rings is 1. The third-order valence-corrected chi connectivity index (χ3v) is 2.80. The molecule has 17 heavy (non-hydrogen) atoms. The number of rotatable bonds is 4. The van der Waals surface area contributed by atoms with Gasteiger partial charge < -0.3 is 14.8 Å². The number of aromatic nitrogens is 1. The van der Waals surface area contributed by atoms with Gasteiger partial charge in [0, 0.05) is 16.6 Å². The summed E-state index contributed by atoms with van der Waals surface area (Å²) in [6.45, 7) is 2.96. The second-order valence-electron chi connectivity index (χ2n) is 3.74. The number of halogens is 1. The molecule has 2 N–H and O–H groups in total. The van der Waals surface area contributed by atoms with Crippen molar-refractivity contribution in [1.29, 1.82) is 0 Å². The van der Waals surface area contributed by atoms with E-state index in [0.29, 0.717) is 19.0 Å². The van der Waals surface area contributed by atoms with Gasteiger partial charge in [-0.05, 0) is 25.1 Å². The monoisotopic (exact) mass is 296 g/mol. The van der Waals surface area contributed by atoms with Gasteiger partial charge in [-0.2, -0.15) is 0 Å². The van der Waals surface area contributed by atoms with Crippen LogP contribution < -0.4 is 5.32 Å². The molecule has 90 valence electrons. The van der Waals surface area contributed by atoms with Crippen LogP contribution in [0.15, 0.2) is 33.3 Å². The topological polar surface area (TPSA) is 58.3 Å². The molecule has 2 aromatic rings. The minimum absolute atomic E-state index is 0.282. The summed E-state index contributed by atoms with van der Waals surface area (Å²) in [5, 5.41) is 12.8. The Morgan fingerprint density at radius 3 is 2.94 bits per heavy atom. The summed E-state index contributed by atoms with van der Waals surface area (Å²) >= 11 is 3.37. The molecule has 0 amide bonds. The molecule has 4 nitrogen and oxygen atoms in total. The molecule has 0 radical (unpaired) electrons. The van der Waals surface area contributed by atoms with E-state index in [1.165, 1.54) is 0 Å². The molecule has 0 unspecified atom stereocenters. The van der Waals surface area contributed by atoms with Crippen molar-refractivity contribution in [3.63, 3.8) is 0 Å². The zero-order valence-corrected chi connectivity index (χ0v) is 11.0. The number of nitrogens with one attached hydrogen (secondary N) is 1. The Labute approximate surface area is 108 Å². The predicted molar refractivity (Wildman–Crippen MR) is 67.6 cm³/mol. The van der Waals surface area contributed by atoms with E-state index < -0.39 is 0 Å². The van der Waals surface area contributed by atoms with Gasteiger partial charge in [0.2, 0.25) is 5.89 Å². The fraction of sp³-hybridized carbons (Fsp3) is 0.250. The number of hydrogen-bond donors (Lipinski definition) is 2. The van der Waals surface area contributed by atoms with E-state index in [1.54, 1.807) is 18.3 Å². The van der Waals surface area contributed by atoms with Gasteiger partial charge in [-0.1, -0.05) is 15.9 Å². The molecule has 0 atom stereocenters. The fourth-order valence-electron chi connectivity index (χ4n) is 1.48. The number of hydrogen-bond acceptors (Lipinski definition) is 4. The lowest BCUT2D eigenvalue weighted by Crippen LogP contribution is -2.12. The molecule has 0 saturated carbocycles. The first kappa shape index (κ1) is 12.1. The van der Waals surface area contributed by atoms with Crippen molar-refractivity contribution in [3.8, 4) is 5.75 Å². The minimum atomic E-state index is 0.282. The van der Waals surface area contributed by atoms with Crippen molar-refractivity contribution >= 4 is 15.9 Å². The van der Waals surface area contributed by atoms with Crippen molar-refractivity contribution < 1.29 is 9.52 Å². The second kappa shape index (κ2) is 5.33. The average Bonchev–Trinajstić information content (AvgIpc) is 2.69. The molecule has 0 aliphatic carbocycles. The summed E-state index contributed by atoms with van der Waals surface area (Å²) < 4.78 is 6.27. The molecule has 2 rings (SSSR count). The van der Waals surface area contributed by atoms with Crippen LogP contribution in [0.1, 0.15) is 17.2 Å². The van der Waals surface area contributed by atoms with Gasteiger partial charge in [-0.25, -0.2) is 4.98 Å². The molecule has 5 heteroatoms. The normalized spacial score (nSPS) is 10.7. The van der Waals surface area contributed by atoms with Gasteiger partial charge in [-0.15, -0.1) is 0 Å². The number of phenols is 1. The van der Waals surface area contributed by atoms with Gasteiger partial charge in [0.25, 0.3) is 0 Å². The van der Waals surface area contributed by atoms with Crippen LogP contribution in [0.25, 0.3) is 0 Å². The summed E-state index contributed by atoms with van der Waals surface area (Å²) in [7, 11) is 0. The fourth-order valence-corrected chi connectivity index (χ4v) is 1.89. The highest BCUT2D eigenvalue weighted by Gasteiger charge is 2.03. The Hall–Kier alpha value is -1.33. The Kier molecular flexibility index (Phi) is 3.81. The molecule has 0 fully saturated rings. The third kappa shape index (κ3) is 3.31. The predicted octanol–water partition coefficient (Wildman–Crippen LogP) is 2.74. The first-order chi connectivity index (χ1) is 8.15. The maximum absolute atomic E-state index is 9.64. The van der Waals surface area contributed by atoms with E-state index in [2.05, 4.69) is 26.2 Å². The summed E-state index contributed by atoms with van der Waals surface area (Å²) in [5.74, 6) is 1.73. The largest absolute Gasteiger partial charge is 0.508 e. The van der Waals surface area contributed by atoms with Gasteiger partial charge in [0.05, 0.1) is 12.7 Å². The Balaban J connectivity index is 1.91. The van der Waals surface area contributed by atoms with Crippen LogP contribution in [0, 0.1) is 6.92 Å². The van der Waals surface area contributed by atoms with E-state index >= 15 is 0 Å². The van der Waals surface area contributed by atoms with Crippen LogP contribution in [0.5, 0.6) is 5.75 Å². The van der Waals surface area contributed by atoms with E-state index in [0.717, 1.165) is 15.8 Å². The number of oxazole rings is 1. The third-order valence-electron chi connectivity index (χ3n) is 2.30. The van der Waals surface area contributed by atoms with Crippen LogP contribution in [0.3, 0.4) is 0 Å². The zero-order chi connectivity index (χ0) is 12.3. The zero-order valence-electron chi connectivity index (χ0n) is 9.40. The molecule has 0 saturated heterocycles. The smallest absolute Gasteiger partial charge is 0.208 e. The highest BCUT2D eigenvalue weighted by molar-refractivity contribution is 9.10. The lowest BCUT2D eigenvalue weighted by atomic mass is 10.2. The van der Waals surface area contributed by atoms with Crippen molar-refractivity contribution in [3.05, 3.63) is 46.1 Å². The van der Waals surface area contributed by atoms with Gasteiger partial charge >= 0.3 is 0 Å². The van der Waals surface area contributed by atoms with Crippen LogP contribution in [0.4, 0.5) is 0 Å². The average molecular weight is 297 g/mol. The SMILES string of the molecule is Cc1cnc(CNCc2cc(Br)ccc2O)o1. The molecule has 0 aliphatic heterocycles. The number of phenolic OH excluding ortho intramolecular Hbond substituents is 1. The Bertz CT molecular complexity index is 511. The lowest BCUT2D eigenvalue weighted by molar-refractivity contribution is 0.440. The highest BCUT2D eigenvalue weighted by atomic mass is 79.9. The van der Waals surface area contributed by atoms with Crippen molar-refractivity contribution in [2.75, 3.05) is 0 Å². The summed E-state index contributed by atoms with van der Waals surface area (Å²) in [5.41, 5.74) is 0.836. The molecular weight excluding hydrogens is 284 g/mol. The highest BCUT2D eigenvalue weighted by Crippen LogP contribution is 2.21. The Morgan fingerprint density at radius 1 is 1.41 bits per heavy atom. The summed E-state index contributed by atoms with van der Waals surface area (Å²) in [6.07, 6.45) is 1.69. The van der Waals surface area contributed by atoms with E-state index in [1.807, 2.05) is 13.0 Å². The maximum Gasteiger partial charge on any atom is 0.208 e. The van der Waals surface area contributed by atoms with Crippen LogP contribution in [-0.2, 0) is 13.1 Å². The van der Waals surface area contributed by atoms with Crippen molar-refractivity contribution in [1.82, 2.24) is 10.3 Å². The molecule has 0 aliphatic rings. The van der Waals surface area contributed by atoms with Gasteiger partial charge in [0.1, 0.15) is 11.5 Å². The minimum Gasteiger partial charge on any atom is -0.508 e. The molecular formula is C12H13BrN2O2. The van der Waals surface area contributed by atoms with Gasteiger partial charge in [-0.3, -0.25) is 0 Å². The molecule has 1 heterocycles.